The number of methoxy groups -OCH3 is 2. The Balaban J connectivity index is 0.000000335. The maximum Gasteiger partial charge on any atom is 0.410 e. The van der Waals surface area contributed by atoms with Crippen molar-refractivity contribution >= 4 is 23.2 Å². The molecule has 0 bridgehead atoms. The van der Waals surface area contributed by atoms with Crippen LogP contribution in [0.15, 0.2) is 36.4 Å². The molecule has 0 saturated carbocycles. The third-order valence-electron chi connectivity index (χ3n) is 5.31. The molecule has 1 heterocycles. The molecule has 13 heteroatoms. The van der Waals surface area contributed by atoms with Gasteiger partial charge in [0.25, 0.3) is 11.4 Å². The Bertz CT molecular complexity index is 1140. The molecule has 37 heavy (non-hydrogen) atoms. The van der Waals surface area contributed by atoms with Crippen LogP contribution in [0.2, 0.25) is 0 Å². The smallest absolute Gasteiger partial charge is 0.410 e. The Hall–Kier alpha value is -4.16. The Morgan fingerprint density at radius 2 is 1.51 bits per heavy atom. The number of nitrogens with zero attached hydrogens (tertiary/aromatic N) is 4. The van der Waals surface area contributed by atoms with Gasteiger partial charge in [-0.3, -0.25) is 20.2 Å². The lowest BCUT2D eigenvalue weighted by atomic mass is 10.1. The predicted octanol–water partition coefficient (Wildman–Crippen LogP) is 4.79. The molecular formula is C24H31FN4O8. The number of nitro benzene ring substituents is 2. The fourth-order valence-electron chi connectivity index (χ4n) is 3.59. The number of anilines is 1. The summed E-state index contributed by atoms with van der Waals surface area (Å²) in [5, 5.41) is 21.1. The summed E-state index contributed by atoms with van der Waals surface area (Å²) in [7, 11) is 2.74. The van der Waals surface area contributed by atoms with Crippen molar-refractivity contribution in [3.8, 4) is 11.5 Å². The molecule has 0 spiro atoms. The molecule has 1 amide bonds. The average Bonchev–Trinajstić information content (AvgIpc) is 2.83. The molecule has 3 rings (SSSR count). The highest BCUT2D eigenvalue weighted by molar-refractivity contribution is 5.69. The minimum absolute atomic E-state index is 0.0133. The van der Waals surface area contributed by atoms with E-state index >= 15 is 0 Å². The number of nitro groups is 2. The molecule has 0 aliphatic carbocycles. The molecule has 1 fully saturated rings. The van der Waals surface area contributed by atoms with Gasteiger partial charge in [-0.05, 0) is 39.8 Å². The summed E-state index contributed by atoms with van der Waals surface area (Å²) < 4.78 is 28.0. The molecule has 0 aromatic heterocycles. The SMILES string of the molecule is COc1cc([N+](=O)[O-])ccc1F.COc1cc([N+](=O)[O-])ccc1N1CCN(C(=O)OC(C)(C)C)C[C@@H]1C. The zero-order valence-corrected chi connectivity index (χ0v) is 21.6. The quantitative estimate of drug-likeness (QED) is 0.401. The minimum atomic E-state index is -0.609. The third kappa shape index (κ3) is 7.92. The van der Waals surface area contributed by atoms with Gasteiger partial charge >= 0.3 is 6.09 Å². The highest BCUT2D eigenvalue weighted by Gasteiger charge is 2.31. The summed E-state index contributed by atoms with van der Waals surface area (Å²) in [6.07, 6.45) is -0.324. The highest BCUT2D eigenvalue weighted by Crippen LogP contribution is 2.34. The van der Waals surface area contributed by atoms with Crippen molar-refractivity contribution < 1.29 is 33.2 Å². The van der Waals surface area contributed by atoms with E-state index in [2.05, 4.69) is 9.64 Å². The number of ether oxygens (including phenoxy) is 3. The predicted molar refractivity (Wildman–Crippen MR) is 134 cm³/mol. The van der Waals surface area contributed by atoms with Gasteiger partial charge in [0.05, 0.1) is 41.9 Å². The summed E-state index contributed by atoms with van der Waals surface area (Å²) >= 11 is 0. The van der Waals surface area contributed by atoms with Gasteiger partial charge in [0.1, 0.15) is 11.4 Å². The van der Waals surface area contributed by atoms with E-state index in [-0.39, 0.29) is 29.3 Å². The molecule has 0 radical (unpaired) electrons. The van der Waals surface area contributed by atoms with Crippen molar-refractivity contribution in [3.63, 3.8) is 0 Å². The van der Waals surface area contributed by atoms with E-state index in [1.807, 2.05) is 27.7 Å². The lowest BCUT2D eigenvalue weighted by Crippen LogP contribution is -2.54. The normalized spacial score (nSPS) is 15.3. The first-order valence-corrected chi connectivity index (χ1v) is 11.3. The Morgan fingerprint density at radius 1 is 0.973 bits per heavy atom. The molecule has 1 aliphatic heterocycles. The Morgan fingerprint density at radius 3 is 2.00 bits per heavy atom. The number of rotatable bonds is 5. The van der Waals surface area contributed by atoms with Crippen molar-refractivity contribution in [2.45, 2.75) is 39.3 Å². The van der Waals surface area contributed by atoms with Crippen LogP contribution in [-0.4, -0.2) is 66.3 Å². The van der Waals surface area contributed by atoms with Crippen LogP contribution in [0, 0.1) is 26.0 Å². The number of benzene rings is 2. The molecule has 0 N–H and O–H groups in total. The Labute approximate surface area is 213 Å². The van der Waals surface area contributed by atoms with Gasteiger partial charge in [-0.25, -0.2) is 9.18 Å². The van der Waals surface area contributed by atoms with Crippen LogP contribution in [0.1, 0.15) is 27.7 Å². The zero-order chi connectivity index (χ0) is 27.9. The van der Waals surface area contributed by atoms with Gasteiger partial charge in [0.15, 0.2) is 11.6 Å². The van der Waals surface area contributed by atoms with Crippen LogP contribution in [0.3, 0.4) is 0 Å². The standard InChI is InChI=1S/C17H25N3O5.C7H6FNO3/c1-12-11-18(16(21)25-17(2,3)4)8-9-19(12)14-7-6-13(20(22)23)10-15(14)24-5;1-12-7-4-5(9(10)11)2-3-6(7)8/h6-7,10,12H,8-9,11H2,1-5H3;2-4H,1H3/t12-;/m0./s1. The fourth-order valence-corrected chi connectivity index (χ4v) is 3.59. The fraction of sp³-hybridized carbons (Fsp3) is 0.458. The average molecular weight is 523 g/mol. The van der Waals surface area contributed by atoms with Gasteiger partial charge < -0.3 is 24.0 Å². The number of piperazine rings is 1. The second-order valence-electron chi connectivity index (χ2n) is 9.16. The van der Waals surface area contributed by atoms with Gasteiger partial charge in [0, 0.05) is 37.8 Å². The van der Waals surface area contributed by atoms with E-state index < -0.39 is 21.3 Å². The highest BCUT2D eigenvalue weighted by atomic mass is 19.1. The summed E-state index contributed by atoms with van der Waals surface area (Å²) in [4.78, 5) is 36.1. The van der Waals surface area contributed by atoms with Crippen molar-refractivity contribution in [1.82, 2.24) is 4.90 Å². The molecule has 202 valence electrons. The van der Waals surface area contributed by atoms with E-state index in [9.17, 15) is 29.4 Å². The van der Waals surface area contributed by atoms with Crippen molar-refractivity contribution in [2.24, 2.45) is 0 Å². The van der Waals surface area contributed by atoms with Crippen molar-refractivity contribution in [3.05, 3.63) is 62.4 Å². The van der Waals surface area contributed by atoms with Gasteiger partial charge in [-0.15, -0.1) is 0 Å². The maximum absolute atomic E-state index is 12.7. The molecule has 0 unspecified atom stereocenters. The molecular weight excluding hydrogens is 491 g/mol. The number of carbonyl (C=O) groups excluding carboxylic acids is 1. The monoisotopic (exact) mass is 522 g/mol. The Kier molecular flexibility index (Phi) is 9.58. The van der Waals surface area contributed by atoms with E-state index in [1.54, 1.807) is 11.0 Å². The van der Waals surface area contributed by atoms with Crippen LogP contribution >= 0.6 is 0 Å². The largest absolute Gasteiger partial charge is 0.494 e. The van der Waals surface area contributed by atoms with Gasteiger partial charge in [-0.2, -0.15) is 0 Å². The molecule has 2 aromatic rings. The number of hydrogen-bond acceptors (Lipinski definition) is 9. The van der Waals surface area contributed by atoms with Gasteiger partial charge in [0.2, 0.25) is 0 Å². The van der Waals surface area contributed by atoms with Crippen molar-refractivity contribution in [1.29, 1.82) is 0 Å². The lowest BCUT2D eigenvalue weighted by molar-refractivity contribution is -0.385. The van der Waals surface area contributed by atoms with Crippen LogP contribution in [0.5, 0.6) is 11.5 Å². The number of amides is 1. The zero-order valence-electron chi connectivity index (χ0n) is 21.6. The third-order valence-corrected chi connectivity index (χ3v) is 5.31. The number of carbonyl (C=O) groups is 1. The van der Waals surface area contributed by atoms with Crippen LogP contribution in [0.25, 0.3) is 0 Å². The van der Waals surface area contributed by atoms with Crippen LogP contribution < -0.4 is 14.4 Å². The van der Waals surface area contributed by atoms with Crippen molar-refractivity contribution in [2.75, 3.05) is 38.8 Å². The molecule has 1 atom stereocenters. The van der Waals surface area contributed by atoms with Gasteiger partial charge in [-0.1, -0.05) is 0 Å². The molecule has 1 saturated heterocycles. The number of halogens is 1. The summed E-state index contributed by atoms with van der Waals surface area (Å²) in [6.45, 7) is 9.13. The number of hydrogen-bond donors (Lipinski definition) is 0. The maximum atomic E-state index is 12.7. The topological polar surface area (TPSA) is 138 Å². The summed E-state index contributed by atoms with van der Waals surface area (Å²) in [5.74, 6) is -0.279. The number of non-ortho nitro benzene ring substituents is 2. The summed E-state index contributed by atoms with van der Waals surface area (Å²) in [5.41, 5.74) is 0.0531. The van der Waals surface area contributed by atoms with Crippen LogP contribution in [-0.2, 0) is 4.74 Å². The van der Waals surface area contributed by atoms with E-state index in [4.69, 9.17) is 9.47 Å². The summed E-state index contributed by atoms with van der Waals surface area (Å²) in [6, 6.07) is 7.71. The van der Waals surface area contributed by atoms with Crippen LogP contribution in [0.4, 0.5) is 26.2 Å². The second kappa shape index (κ2) is 12.2. The first kappa shape index (κ1) is 29.1. The molecule has 1 aliphatic rings. The lowest BCUT2D eigenvalue weighted by Gasteiger charge is -2.41. The molecule has 2 aromatic carbocycles. The minimum Gasteiger partial charge on any atom is -0.494 e. The first-order valence-electron chi connectivity index (χ1n) is 11.3. The van der Waals surface area contributed by atoms with E-state index in [0.717, 1.165) is 23.9 Å². The molecule has 12 nitrogen and oxygen atoms in total. The van der Waals surface area contributed by atoms with E-state index in [1.165, 1.54) is 26.4 Å². The van der Waals surface area contributed by atoms with E-state index in [0.29, 0.717) is 25.4 Å². The second-order valence-corrected chi connectivity index (χ2v) is 9.16. The first-order chi connectivity index (χ1) is 17.3.